The Hall–Kier alpha value is -0.540. The van der Waals surface area contributed by atoms with Crippen LogP contribution in [-0.2, 0) is 11.3 Å². The third-order valence-electron chi connectivity index (χ3n) is 1.50. The number of nitrogens with one attached hydrogen (secondary N) is 1. The van der Waals surface area contributed by atoms with Gasteiger partial charge >= 0.3 is 0 Å². The maximum atomic E-state index is 10.9. The fourth-order valence-electron chi connectivity index (χ4n) is 0.895. The van der Waals surface area contributed by atoms with Gasteiger partial charge < -0.3 is 5.32 Å². The van der Waals surface area contributed by atoms with E-state index in [0.29, 0.717) is 16.9 Å². The molecular formula is C9H9BrClNO. The summed E-state index contributed by atoms with van der Waals surface area (Å²) in [4.78, 5) is 10.9. The Morgan fingerprint density at radius 2 is 2.31 bits per heavy atom. The summed E-state index contributed by atoms with van der Waals surface area (Å²) >= 11 is 8.84. The minimum Gasteiger partial charge on any atom is -0.351 e. The second-order valence-corrected chi connectivity index (χ2v) is 3.54. The van der Waals surface area contributed by atoms with Crippen LogP contribution in [0.25, 0.3) is 0 Å². The molecule has 0 unspecified atom stereocenters. The van der Waals surface area contributed by atoms with E-state index < -0.39 is 0 Å². The van der Waals surface area contributed by atoms with Crippen molar-refractivity contribution < 1.29 is 4.79 Å². The maximum absolute atomic E-state index is 10.9. The fourth-order valence-corrected chi connectivity index (χ4v) is 1.31. The maximum Gasteiger partial charge on any atom is 0.230 e. The molecule has 1 N–H and O–H groups in total. The van der Waals surface area contributed by atoms with Gasteiger partial charge in [0, 0.05) is 11.6 Å². The molecule has 70 valence electrons. The minimum atomic E-state index is -0.0278. The highest BCUT2D eigenvalue weighted by molar-refractivity contribution is 9.09. The Morgan fingerprint density at radius 3 is 2.92 bits per heavy atom. The Bertz CT molecular complexity index is 303. The predicted molar refractivity (Wildman–Crippen MR) is 57.1 cm³/mol. The molecule has 13 heavy (non-hydrogen) atoms. The Labute approximate surface area is 90.4 Å². The molecule has 0 saturated heterocycles. The summed E-state index contributed by atoms with van der Waals surface area (Å²) in [5, 5.41) is 3.74. The van der Waals surface area contributed by atoms with Gasteiger partial charge in [0.25, 0.3) is 0 Å². The van der Waals surface area contributed by atoms with Crippen LogP contribution >= 0.6 is 27.5 Å². The molecule has 0 saturated carbocycles. The van der Waals surface area contributed by atoms with Crippen LogP contribution in [0.5, 0.6) is 0 Å². The number of rotatable bonds is 3. The zero-order valence-electron chi connectivity index (χ0n) is 6.89. The predicted octanol–water partition coefficient (Wildman–Crippen LogP) is 2.35. The molecule has 1 rings (SSSR count). The van der Waals surface area contributed by atoms with Crippen molar-refractivity contribution in [1.82, 2.24) is 5.32 Å². The van der Waals surface area contributed by atoms with E-state index in [1.807, 2.05) is 18.2 Å². The molecule has 2 nitrogen and oxygen atoms in total. The van der Waals surface area contributed by atoms with Gasteiger partial charge in [0.05, 0.1) is 5.33 Å². The van der Waals surface area contributed by atoms with Crippen LogP contribution in [0.15, 0.2) is 24.3 Å². The number of benzene rings is 1. The minimum absolute atomic E-state index is 0.0278. The molecule has 0 aliphatic carbocycles. The molecule has 1 aromatic rings. The second-order valence-electron chi connectivity index (χ2n) is 2.54. The van der Waals surface area contributed by atoms with Crippen molar-refractivity contribution in [2.24, 2.45) is 0 Å². The van der Waals surface area contributed by atoms with E-state index in [0.717, 1.165) is 5.56 Å². The van der Waals surface area contributed by atoms with E-state index in [-0.39, 0.29) is 5.91 Å². The molecule has 4 heteroatoms. The number of amides is 1. The van der Waals surface area contributed by atoms with Gasteiger partial charge in [-0.2, -0.15) is 0 Å². The molecule has 0 spiro atoms. The fraction of sp³-hybridized carbons (Fsp3) is 0.222. The molecule has 1 amide bonds. The quantitative estimate of drug-likeness (QED) is 0.833. The van der Waals surface area contributed by atoms with Crippen molar-refractivity contribution in [2.75, 3.05) is 5.33 Å². The highest BCUT2D eigenvalue weighted by Gasteiger charge is 1.98. The van der Waals surface area contributed by atoms with Gasteiger partial charge in [-0.05, 0) is 17.7 Å². The van der Waals surface area contributed by atoms with Crippen LogP contribution in [0.1, 0.15) is 5.56 Å². The van der Waals surface area contributed by atoms with E-state index in [1.54, 1.807) is 6.07 Å². The lowest BCUT2D eigenvalue weighted by molar-refractivity contribution is -0.118. The van der Waals surface area contributed by atoms with Gasteiger partial charge in [-0.3, -0.25) is 4.79 Å². The lowest BCUT2D eigenvalue weighted by Crippen LogP contribution is -2.23. The molecule has 0 aliphatic rings. The summed E-state index contributed by atoms with van der Waals surface area (Å²) in [5.41, 5.74) is 1.00. The third kappa shape index (κ3) is 3.79. The van der Waals surface area contributed by atoms with Gasteiger partial charge in [-0.15, -0.1) is 0 Å². The zero-order valence-corrected chi connectivity index (χ0v) is 9.23. The summed E-state index contributed by atoms with van der Waals surface area (Å²) in [6.45, 7) is 0.519. The molecule has 0 radical (unpaired) electrons. The van der Waals surface area contributed by atoms with Crippen molar-refractivity contribution in [3.8, 4) is 0 Å². The SMILES string of the molecule is O=C(CBr)NCc1cccc(Cl)c1. The van der Waals surface area contributed by atoms with Crippen molar-refractivity contribution in [2.45, 2.75) is 6.54 Å². The zero-order chi connectivity index (χ0) is 9.68. The molecule has 0 aliphatic heterocycles. The topological polar surface area (TPSA) is 29.1 Å². The standard InChI is InChI=1S/C9H9BrClNO/c10-5-9(13)12-6-7-2-1-3-8(11)4-7/h1-4H,5-6H2,(H,12,13). The van der Waals surface area contributed by atoms with Gasteiger partial charge in [0.1, 0.15) is 0 Å². The second kappa shape index (κ2) is 5.25. The van der Waals surface area contributed by atoms with Crippen LogP contribution in [0.3, 0.4) is 0 Å². The van der Waals surface area contributed by atoms with Crippen LogP contribution in [-0.4, -0.2) is 11.2 Å². The first-order valence-electron chi connectivity index (χ1n) is 3.79. The lowest BCUT2D eigenvalue weighted by Gasteiger charge is -2.02. The number of alkyl halides is 1. The van der Waals surface area contributed by atoms with Gasteiger partial charge in [-0.25, -0.2) is 0 Å². The largest absolute Gasteiger partial charge is 0.351 e. The average Bonchev–Trinajstić information content (AvgIpc) is 2.14. The normalized spacial score (nSPS) is 9.69. The van der Waals surface area contributed by atoms with E-state index >= 15 is 0 Å². The number of carbonyl (C=O) groups is 1. The van der Waals surface area contributed by atoms with Crippen LogP contribution in [0.4, 0.5) is 0 Å². The van der Waals surface area contributed by atoms with Gasteiger partial charge in [0.2, 0.25) is 5.91 Å². The Morgan fingerprint density at radius 1 is 1.54 bits per heavy atom. The summed E-state index contributed by atoms with van der Waals surface area (Å²) < 4.78 is 0. The first kappa shape index (κ1) is 10.5. The first-order valence-corrected chi connectivity index (χ1v) is 5.29. The molecule has 0 atom stereocenters. The Balaban J connectivity index is 2.50. The highest BCUT2D eigenvalue weighted by Crippen LogP contribution is 2.10. The number of hydrogen-bond acceptors (Lipinski definition) is 1. The van der Waals surface area contributed by atoms with Gasteiger partial charge in [0.15, 0.2) is 0 Å². The third-order valence-corrected chi connectivity index (χ3v) is 2.24. The monoisotopic (exact) mass is 261 g/mol. The van der Waals surface area contributed by atoms with E-state index in [4.69, 9.17) is 11.6 Å². The molecular weight excluding hydrogens is 253 g/mol. The summed E-state index contributed by atoms with van der Waals surface area (Å²) in [7, 11) is 0. The van der Waals surface area contributed by atoms with Crippen molar-refractivity contribution in [3.63, 3.8) is 0 Å². The summed E-state index contributed by atoms with van der Waals surface area (Å²) in [6, 6.07) is 7.41. The molecule has 1 aromatic carbocycles. The molecule has 0 bridgehead atoms. The van der Waals surface area contributed by atoms with Crippen LogP contribution in [0, 0.1) is 0 Å². The summed E-state index contributed by atoms with van der Waals surface area (Å²) in [6.07, 6.45) is 0. The van der Waals surface area contributed by atoms with Crippen LogP contribution in [0.2, 0.25) is 5.02 Å². The van der Waals surface area contributed by atoms with E-state index in [2.05, 4.69) is 21.2 Å². The number of carbonyl (C=O) groups excluding carboxylic acids is 1. The summed E-state index contributed by atoms with van der Waals surface area (Å²) in [5.74, 6) is -0.0278. The van der Waals surface area contributed by atoms with Gasteiger partial charge in [-0.1, -0.05) is 39.7 Å². The smallest absolute Gasteiger partial charge is 0.230 e. The van der Waals surface area contributed by atoms with Crippen molar-refractivity contribution in [1.29, 1.82) is 0 Å². The average molecular weight is 263 g/mol. The molecule has 0 fully saturated rings. The van der Waals surface area contributed by atoms with E-state index in [9.17, 15) is 4.79 Å². The first-order chi connectivity index (χ1) is 6.22. The highest BCUT2D eigenvalue weighted by atomic mass is 79.9. The van der Waals surface area contributed by atoms with Crippen molar-refractivity contribution >= 4 is 33.4 Å². The lowest BCUT2D eigenvalue weighted by atomic mass is 10.2. The number of hydrogen-bond donors (Lipinski definition) is 1. The van der Waals surface area contributed by atoms with Crippen LogP contribution < -0.4 is 5.32 Å². The molecule has 0 heterocycles. The Kier molecular flexibility index (Phi) is 4.25. The number of halogens is 2. The van der Waals surface area contributed by atoms with E-state index in [1.165, 1.54) is 0 Å². The molecule has 0 aromatic heterocycles. The van der Waals surface area contributed by atoms with Crippen molar-refractivity contribution in [3.05, 3.63) is 34.9 Å².